The van der Waals surface area contributed by atoms with Crippen molar-refractivity contribution in [3.05, 3.63) is 192 Å². The van der Waals surface area contributed by atoms with Crippen molar-refractivity contribution in [3.63, 3.8) is 0 Å². The monoisotopic (exact) mass is 592 g/mol. The third kappa shape index (κ3) is 6.33. The van der Waals surface area contributed by atoms with Crippen LogP contribution >= 0.6 is 0 Å². The second kappa shape index (κ2) is 13.0. The van der Waals surface area contributed by atoms with Crippen LogP contribution in [0.5, 0.6) is 0 Å². The molecule has 0 aliphatic carbocycles. The van der Waals surface area contributed by atoms with E-state index in [9.17, 15) is 0 Å². The van der Waals surface area contributed by atoms with Crippen LogP contribution in [0.3, 0.4) is 0 Å². The summed E-state index contributed by atoms with van der Waals surface area (Å²) in [5.74, 6) is 0. The van der Waals surface area contributed by atoms with E-state index in [1.807, 2.05) is 0 Å². The molecule has 0 aliphatic heterocycles. The minimum absolute atomic E-state index is 1.12. The first-order chi connectivity index (χ1) is 22.6. The van der Waals surface area contributed by atoms with E-state index in [-0.39, 0.29) is 0 Å². The van der Waals surface area contributed by atoms with Gasteiger partial charge in [-0.15, -0.1) is 0 Å². The highest BCUT2D eigenvalue weighted by Crippen LogP contribution is 2.37. The summed E-state index contributed by atoms with van der Waals surface area (Å²) in [5, 5.41) is 2.47. The summed E-state index contributed by atoms with van der Waals surface area (Å²) in [6.45, 7) is 4.26. The molecule has 7 rings (SSSR count). The highest BCUT2D eigenvalue weighted by molar-refractivity contribution is 5.89. The van der Waals surface area contributed by atoms with Gasteiger partial charge < -0.3 is 9.80 Å². The fourth-order valence-electron chi connectivity index (χ4n) is 5.91. The molecular weight excluding hydrogens is 556 g/mol. The molecule has 0 amide bonds. The highest BCUT2D eigenvalue weighted by atomic mass is 15.1. The summed E-state index contributed by atoms with van der Waals surface area (Å²) >= 11 is 0. The number of rotatable bonds is 8. The van der Waals surface area contributed by atoms with Crippen LogP contribution in [0.25, 0.3) is 22.9 Å². The quantitative estimate of drug-likeness (QED) is 0.162. The summed E-state index contributed by atoms with van der Waals surface area (Å²) < 4.78 is 0. The van der Waals surface area contributed by atoms with Crippen LogP contribution in [0.4, 0.5) is 34.1 Å². The maximum atomic E-state index is 2.31. The normalized spacial score (nSPS) is 11.2. The zero-order valence-corrected chi connectivity index (χ0v) is 26.2. The summed E-state index contributed by atoms with van der Waals surface area (Å²) in [6.07, 6.45) is 4.36. The van der Waals surface area contributed by atoms with Gasteiger partial charge in [-0.25, -0.2) is 0 Å². The molecule has 7 aromatic carbocycles. The Labute approximate surface area is 272 Å². The number of fused-ring (bicyclic) bond motifs is 1. The molecule has 0 bridgehead atoms. The third-order valence-electron chi connectivity index (χ3n) is 8.33. The SMILES string of the molecule is Cc1ccc(N(c2ccc(C=Cc3ccc(N(c4ccccc4)c4ccc5ccccc5c4)cc3)cc2)c2cccc(C)c2)cc1. The molecule has 0 saturated carbocycles. The Morgan fingerprint density at radius 2 is 0.783 bits per heavy atom. The molecule has 0 spiro atoms. The average molecular weight is 593 g/mol. The standard InChI is InChI=1S/C44H36N2/c1-33-15-24-40(25-16-33)46(43-14-8-9-34(2)31-43)42-28-21-36(22-29-42)18-17-35-19-26-41(27-20-35)45(39-12-4-3-5-13-39)44-30-23-37-10-6-7-11-38(37)32-44/h3-32H,1-2H3. The van der Waals surface area contributed by atoms with Gasteiger partial charge in [0.05, 0.1) is 0 Å². The topological polar surface area (TPSA) is 6.48 Å². The Kier molecular flexibility index (Phi) is 8.17. The van der Waals surface area contributed by atoms with Crippen molar-refractivity contribution in [2.24, 2.45) is 0 Å². The van der Waals surface area contributed by atoms with Crippen molar-refractivity contribution < 1.29 is 0 Å². The van der Waals surface area contributed by atoms with E-state index < -0.39 is 0 Å². The number of para-hydroxylation sites is 1. The fraction of sp³-hybridized carbons (Fsp3) is 0.0455. The predicted molar refractivity (Wildman–Crippen MR) is 198 cm³/mol. The third-order valence-corrected chi connectivity index (χ3v) is 8.33. The van der Waals surface area contributed by atoms with Crippen LogP contribution in [0, 0.1) is 13.8 Å². The van der Waals surface area contributed by atoms with Crippen molar-refractivity contribution in [2.75, 3.05) is 9.80 Å². The first-order valence-corrected chi connectivity index (χ1v) is 15.8. The predicted octanol–water partition coefficient (Wildman–Crippen LogP) is 12.6. The fourth-order valence-corrected chi connectivity index (χ4v) is 5.91. The van der Waals surface area contributed by atoms with Crippen LogP contribution in [-0.2, 0) is 0 Å². The zero-order chi connectivity index (χ0) is 31.3. The second-order valence-corrected chi connectivity index (χ2v) is 11.7. The van der Waals surface area contributed by atoms with Crippen LogP contribution in [-0.4, -0.2) is 0 Å². The molecule has 46 heavy (non-hydrogen) atoms. The lowest BCUT2D eigenvalue weighted by Crippen LogP contribution is -2.10. The number of benzene rings is 7. The highest BCUT2D eigenvalue weighted by Gasteiger charge is 2.14. The van der Waals surface area contributed by atoms with E-state index in [4.69, 9.17) is 0 Å². The maximum Gasteiger partial charge on any atom is 0.0468 e. The molecule has 0 radical (unpaired) electrons. The van der Waals surface area contributed by atoms with Crippen molar-refractivity contribution in [1.29, 1.82) is 0 Å². The molecule has 7 aromatic rings. The van der Waals surface area contributed by atoms with Crippen molar-refractivity contribution >= 4 is 57.0 Å². The molecule has 0 N–H and O–H groups in total. The van der Waals surface area contributed by atoms with Gasteiger partial charge >= 0.3 is 0 Å². The van der Waals surface area contributed by atoms with Crippen LogP contribution in [0.1, 0.15) is 22.3 Å². The van der Waals surface area contributed by atoms with Gasteiger partial charge in [0, 0.05) is 34.1 Å². The molecule has 0 aliphatic rings. The smallest absolute Gasteiger partial charge is 0.0468 e. The summed E-state index contributed by atoms with van der Waals surface area (Å²) in [6, 6.07) is 60.7. The number of hydrogen-bond acceptors (Lipinski definition) is 2. The second-order valence-electron chi connectivity index (χ2n) is 11.7. The molecule has 0 atom stereocenters. The van der Waals surface area contributed by atoms with Gasteiger partial charge in [-0.05, 0) is 114 Å². The molecule has 0 fully saturated rings. The van der Waals surface area contributed by atoms with Crippen LogP contribution < -0.4 is 9.80 Å². The van der Waals surface area contributed by atoms with E-state index in [2.05, 4.69) is 206 Å². The number of nitrogens with zero attached hydrogens (tertiary/aromatic N) is 2. The summed E-state index contributed by atoms with van der Waals surface area (Å²) in [5.41, 5.74) is 11.6. The van der Waals surface area contributed by atoms with Gasteiger partial charge in [0.15, 0.2) is 0 Å². The van der Waals surface area contributed by atoms with Crippen LogP contribution in [0.15, 0.2) is 170 Å². The van der Waals surface area contributed by atoms with E-state index in [0.717, 1.165) is 45.3 Å². The van der Waals surface area contributed by atoms with Crippen molar-refractivity contribution in [1.82, 2.24) is 0 Å². The van der Waals surface area contributed by atoms with Gasteiger partial charge in [0.2, 0.25) is 0 Å². The Morgan fingerprint density at radius 3 is 1.37 bits per heavy atom. The molecule has 0 heterocycles. The lowest BCUT2D eigenvalue weighted by atomic mass is 10.1. The van der Waals surface area contributed by atoms with E-state index in [0.29, 0.717) is 0 Å². The lowest BCUT2D eigenvalue weighted by Gasteiger charge is -2.26. The molecule has 2 heteroatoms. The van der Waals surface area contributed by atoms with Gasteiger partial charge in [-0.3, -0.25) is 0 Å². The molecule has 222 valence electrons. The minimum atomic E-state index is 1.12. The summed E-state index contributed by atoms with van der Waals surface area (Å²) in [4.78, 5) is 4.62. The van der Waals surface area contributed by atoms with Crippen molar-refractivity contribution in [2.45, 2.75) is 13.8 Å². The lowest BCUT2D eigenvalue weighted by molar-refractivity contribution is 1.26. The van der Waals surface area contributed by atoms with E-state index in [1.165, 1.54) is 21.9 Å². The Bertz CT molecular complexity index is 2090. The zero-order valence-electron chi connectivity index (χ0n) is 26.2. The molecule has 0 aromatic heterocycles. The average Bonchev–Trinajstić information content (AvgIpc) is 3.10. The minimum Gasteiger partial charge on any atom is -0.310 e. The first kappa shape index (κ1) is 28.9. The molecule has 0 saturated heterocycles. The largest absolute Gasteiger partial charge is 0.310 e. The van der Waals surface area contributed by atoms with Gasteiger partial charge in [0.25, 0.3) is 0 Å². The number of hydrogen-bond donors (Lipinski definition) is 0. The van der Waals surface area contributed by atoms with E-state index in [1.54, 1.807) is 0 Å². The van der Waals surface area contributed by atoms with Crippen molar-refractivity contribution in [3.8, 4) is 0 Å². The molecule has 2 nitrogen and oxygen atoms in total. The Balaban J connectivity index is 1.14. The van der Waals surface area contributed by atoms with Gasteiger partial charge in [-0.1, -0.05) is 115 Å². The van der Waals surface area contributed by atoms with E-state index >= 15 is 0 Å². The van der Waals surface area contributed by atoms with Gasteiger partial charge in [-0.2, -0.15) is 0 Å². The molecule has 0 unspecified atom stereocenters. The molecular formula is C44H36N2. The Morgan fingerprint density at radius 1 is 0.326 bits per heavy atom. The van der Waals surface area contributed by atoms with Gasteiger partial charge in [0.1, 0.15) is 0 Å². The summed E-state index contributed by atoms with van der Waals surface area (Å²) in [7, 11) is 0. The Hall–Kier alpha value is -5.86. The maximum absolute atomic E-state index is 2.31. The first-order valence-electron chi connectivity index (χ1n) is 15.8. The number of anilines is 6. The number of aryl methyl sites for hydroxylation is 2. The van der Waals surface area contributed by atoms with Crippen LogP contribution in [0.2, 0.25) is 0 Å².